The van der Waals surface area contributed by atoms with E-state index in [0.717, 1.165) is 10.6 Å². The molecule has 0 saturated heterocycles. The maximum atomic E-state index is 11.8. The number of rotatable bonds is 7. The summed E-state index contributed by atoms with van der Waals surface area (Å²) in [5.74, 6) is 0.0108. The number of carbonyl (C=O) groups is 2. The van der Waals surface area contributed by atoms with Crippen molar-refractivity contribution in [3.8, 4) is 0 Å². The number of amides is 1. The van der Waals surface area contributed by atoms with Gasteiger partial charge >= 0.3 is 5.97 Å². The van der Waals surface area contributed by atoms with Gasteiger partial charge in [-0.2, -0.15) is 0 Å². The maximum absolute atomic E-state index is 11.8. The Morgan fingerprint density at radius 1 is 1.40 bits per heavy atom. The Kier molecular flexibility index (Phi) is 7.50. The molecule has 0 spiro atoms. The smallest absolute Gasteiger partial charge is 0.323 e. The lowest BCUT2D eigenvalue weighted by Crippen LogP contribution is -2.34. The van der Waals surface area contributed by atoms with Crippen LogP contribution in [0.2, 0.25) is 0 Å². The van der Waals surface area contributed by atoms with E-state index in [1.807, 2.05) is 30.5 Å². The summed E-state index contributed by atoms with van der Waals surface area (Å²) in [5, 5.41) is 2.84. The Bertz CT molecular complexity index is 469. The van der Waals surface area contributed by atoms with Crippen LogP contribution in [0.15, 0.2) is 29.2 Å². The van der Waals surface area contributed by atoms with Gasteiger partial charge in [0.05, 0.1) is 18.6 Å². The molecule has 1 unspecified atom stereocenters. The summed E-state index contributed by atoms with van der Waals surface area (Å²) in [6.07, 6.45) is 1.95. The van der Waals surface area contributed by atoms with Crippen molar-refractivity contribution < 1.29 is 14.3 Å². The van der Waals surface area contributed by atoms with E-state index in [0.29, 0.717) is 5.75 Å². The molecule has 110 valence electrons. The Morgan fingerprint density at radius 3 is 2.75 bits per heavy atom. The van der Waals surface area contributed by atoms with Gasteiger partial charge in [-0.3, -0.25) is 9.59 Å². The molecule has 1 aromatic carbocycles. The van der Waals surface area contributed by atoms with Gasteiger partial charge in [-0.05, 0) is 18.4 Å². The number of esters is 1. The monoisotopic (exact) mass is 314 g/mol. The zero-order valence-corrected chi connectivity index (χ0v) is 13.1. The van der Waals surface area contributed by atoms with Crippen LogP contribution in [-0.2, 0) is 14.3 Å². The number of methoxy groups -OCH3 is 1. The fourth-order valence-corrected chi connectivity index (χ4v) is 2.75. The van der Waals surface area contributed by atoms with Gasteiger partial charge in [0.25, 0.3) is 0 Å². The minimum Gasteiger partial charge on any atom is -0.468 e. The molecule has 5 nitrogen and oxygen atoms in total. The van der Waals surface area contributed by atoms with E-state index < -0.39 is 12.0 Å². The van der Waals surface area contributed by atoms with E-state index in [9.17, 15) is 9.59 Å². The highest BCUT2D eigenvalue weighted by atomic mass is 32.2. The summed E-state index contributed by atoms with van der Waals surface area (Å²) in [5.41, 5.74) is 6.38. The van der Waals surface area contributed by atoms with E-state index in [1.54, 1.807) is 11.8 Å². The molecule has 0 fully saturated rings. The third kappa shape index (κ3) is 5.44. The lowest BCUT2D eigenvalue weighted by atomic mass is 10.3. The molecule has 0 saturated carbocycles. The first-order chi connectivity index (χ1) is 9.58. The third-order valence-corrected chi connectivity index (χ3v) is 4.27. The van der Waals surface area contributed by atoms with Crippen molar-refractivity contribution in [3.05, 3.63) is 24.3 Å². The molecular formula is C13H18N2O3S2. The number of carbonyl (C=O) groups excluding carboxylic acids is 2. The topological polar surface area (TPSA) is 81.4 Å². The number of ether oxygens (including phenoxy) is 1. The van der Waals surface area contributed by atoms with E-state index in [-0.39, 0.29) is 11.7 Å². The van der Waals surface area contributed by atoms with Crippen LogP contribution in [0.1, 0.15) is 0 Å². The highest BCUT2D eigenvalue weighted by Crippen LogP contribution is 2.24. The normalized spacial score (nSPS) is 11.8. The quantitative estimate of drug-likeness (QED) is 0.587. The minimum absolute atomic E-state index is 0.117. The summed E-state index contributed by atoms with van der Waals surface area (Å²) in [4.78, 5) is 23.9. The fourth-order valence-electron chi connectivity index (χ4n) is 1.43. The standard InChI is InChI=1S/C13H18N2O3S2/c1-18-13(17)9(14)7-20-8-12(16)15-10-5-3-4-6-11(10)19-2/h3-6,9H,7-8,14H2,1-2H3,(H,15,16). The average molecular weight is 314 g/mol. The van der Waals surface area contributed by atoms with Crippen LogP contribution in [-0.4, -0.2) is 42.8 Å². The zero-order valence-electron chi connectivity index (χ0n) is 11.4. The second-order valence-electron chi connectivity index (χ2n) is 3.89. The van der Waals surface area contributed by atoms with Crippen LogP contribution >= 0.6 is 23.5 Å². The number of hydrogen-bond acceptors (Lipinski definition) is 6. The molecule has 20 heavy (non-hydrogen) atoms. The van der Waals surface area contributed by atoms with Crippen LogP contribution < -0.4 is 11.1 Å². The molecule has 0 bridgehead atoms. The second-order valence-corrected chi connectivity index (χ2v) is 5.77. The van der Waals surface area contributed by atoms with E-state index in [2.05, 4.69) is 10.1 Å². The Hall–Kier alpha value is -1.18. The summed E-state index contributed by atoms with van der Waals surface area (Å²) in [6.45, 7) is 0. The molecule has 1 aromatic rings. The maximum Gasteiger partial charge on any atom is 0.323 e. The van der Waals surface area contributed by atoms with Crippen molar-refractivity contribution in [1.29, 1.82) is 0 Å². The predicted molar refractivity (Wildman–Crippen MR) is 84.2 cm³/mol. The molecule has 7 heteroatoms. The first-order valence-electron chi connectivity index (χ1n) is 5.92. The van der Waals surface area contributed by atoms with Crippen LogP contribution in [0.3, 0.4) is 0 Å². The van der Waals surface area contributed by atoms with Crippen LogP contribution in [0, 0.1) is 0 Å². The first kappa shape index (κ1) is 16.9. The SMILES string of the molecule is COC(=O)C(N)CSCC(=O)Nc1ccccc1SC. The van der Waals surface area contributed by atoms with Crippen molar-refractivity contribution in [3.63, 3.8) is 0 Å². The minimum atomic E-state index is -0.698. The molecule has 0 heterocycles. The molecule has 0 aliphatic rings. The van der Waals surface area contributed by atoms with Crippen molar-refractivity contribution in [2.24, 2.45) is 5.73 Å². The summed E-state index contributed by atoms with van der Waals surface area (Å²) < 4.78 is 4.51. The molecule has 0 aliphatic heterocycles. The van der Waals surface area contributed by atoms with Gasteiger partial charge in [0.2, 0.25) is 5.91 Å². The number of hydrogen-bond donors (Lipinski definition) is 2. The van der Waals surface area contributed by atoms with Gasteiger partial charge in [0, 0.05) is 10.6 Å². The molecule has 0 radical (unpaired) electrons. The van der Waals surface area contributed by atoms with Gasteiger partial charge in [0.1, 0.15) is 6.04 Å². The number of benzene rings is 1. The average Bonchev–Trinajstić information content (AvgIpc) is 2.46. The van der Waals surface area contributed by atoms with Gasteiger partial charge in [0.15, 0.2) is 0 Å². The summed E-state index contributed by atoms with van der Waals surface area (Å²) in [6, 6.07) is 6.90. The van der Waals surface area contributed by atoms with Gasteiger partial charge in [-0.1, -0.05) is 12.1 Å². The number of para-hydroxylation sites is 1. The van der Waals surface area contributed by atoms with Gasteiger partial charge < -0.3 is 15.8 Å². The van der Waals surface area contributed by atoms with Crippen LogP contribution in [0.4, 0.5) is 5.69 Å². The van der Waals surface area contributed by atoms with Crippen molar-refractivity contribution in [1.82, 2.24) is 0 Å². The molecular weight excluding hydrogens is 296 g/mol. The van der Waals surface area contributed by atoms with Crippen molar-refractivity contribution >= 4 is 41.1 Å². The lowest BCUT2D eigenvalue weighted by molar-refractivity contribution is -0.141. The Balaban J connectivity index is 2.39. The molecule has 3 N–H and O–H groups in total. The number of anilines is 1. The molecule has 1 amide bonds. The van der Waals surface area contributed by atoms with E-state index in [4.69, 9.17) is 5.73 Å². The number of thioether (sulfide) groups is 2. The second kappa shape index (κ2) is 8.89. The largest absolute Gasteiger partial charge is 0.468 e. The molecule has 1 atom stereocenters. The van der Waals surface area contributed by atoms with Crippen LogP contribution in [0.25, 0.3) is 0 Å². The molecule has 0 aliphatic carbocycles. The fraction of sp³-hybridized carbons (Fsp3) is 0.385. The lowest BCUT2D eigenvalue weighted by Gasteiger charge is -2.10. The van der Waals surface area contributed by atoms with Gasteiger partial charge in [-0.15, -0.1) is 23.5 Å². The van der Waals surface area contributed by atoms with Crippen molar-refractivity contribution in [2.45, 2.75) is 10.9 Å². The zero-order chi connectivity index (χ0) is 15.0. The molecule has 1 rings (SSSR count). The highest BCUT2D eigenvalue weighted by Gasteiger charge is 2.14. The van der Waals surface area contributed by atoms with Crippen LogP contribution in [0.5, 0.6) is 0 Å². The highest BCUT2D eigenvalue weighted by molar-refractivity contribution is 8.00. The third-order valence-electron chi connectivity index (χ3n) is 2.42. The van der Waals surface area contributed by atoms with Gasteiger partial charge in [-0.25, -0.2) is 0 Å². The number of nitrogens with two attached hydrogens (primary N) is 1. The predicted octanol–water partition coefficient (Wildman–Crippen LogP) is 1.58. The summed E-state index contributed by atoms with van der Waals surface area (Å²) in [7, 11) is 1.29. The van der Waals surface area contributed by atoms with E-state index in [1.165, 1.54) is 18.9 Å². The van der Waals surface area contributed by atoms with E-state index >= 15 is 0 Å². The molecule has 0 aromatic heterocycles. The Labute approximate surface area is 127 Å². The Morgan fingerprint density at radius 2 is 2.10 bits per heavy atom. The summed E-state index contributed by atoms with van der Waals surface area (Å²) >= 11 is 2.87. The van der Waals surface area contributed by atoms with Crippen molar-refractivity contribution in [2.75, 3.05) is 30.2 Å². The number of nitrogens with one attached hydrogen (secondary N) is 1. The first-order valence-corrected chi connectivity index (χ1v) is 8.30.